The van der Waals surface area contributed by atoms with E-state index < -0.39 is 23.3 Å². The van der Waals surface area contributed by atoms with Crippen LogP contribution in [0, 0.1) is 5.82 Å². The maximum atomic E-state index is 14.1. The molecule has 1 aliphatic carbocycles. The van der Waals surface area contributed by atoms with E-state index in [2.05, 4.69) is 33.0 Å². The molecule has 2 fully saturated rings. The molecule has 2 aliphatic rings. The van der Waals surface area contributed by atoms with Gasteiger partial charge in [-0.25, -0.2) is 9.18 Å². The van der Waals surface area contributed by atoms with Gasteiger partial charge >= 0.3 is 6.03 Å². The highest BCUT2D eigenvalue weighted by Crippen LogP contribution is 2.43. The van der Waals surface area contributed by atoms with Gasteiger partial charge in [0.25, 0.3) is 5.91 Å². The number of amides is 4. The Balaban J connectivity index is 1.65. The van der Waals surface area contributed by atoms with Crippen molar-refractivity contribution in [3.63, 3.8) is 0 Å². The monoisotopic (exact) mass is 479 g/mol. The zero-order chi connectivity index (χ0) is 25.3. The van der Waals surface area contributed by atoms with Crippen molar-refractivity contribution in [3.8, 4) is 0 Å². The normalized spacial score (nSPS) is 17.7. The molecule has 0 aromatic heterocycles. The molecule has 35 heavy (non-hydrogen) atoms. The Bertz CT molecular complexity index is 1110. The predicted molar refractivity (Wildman–Crippen MR) is 135 cm³/mol. The highest BCUT2D eigenvalue weighted by Gasteiger charge is 2.58. The topological polar surface area (TPSA) is 69.7 Å². The third kappa shape index (κ3) is 4.56. The lowest BCUT2D eigenvalue weighted by Crippen LogP contribution is -2.51. The van der Waals surface area contributed by atoms with Crippen LogP contribution in [-0.2, 0) is 9.59 Å². The van der Waals surface area contributed by atoms with E-state index in [9.17, 15) is 18.8 Å². The van der Waals surface area contributed by atoms with Crippen LogP contribution in [0.2, 0.25) is 0 Å². The summed E-state index contributed by atoms with van der Waals surface area (Å²) in [7, 11) is 0. The van der Waals surface area contributed by atoms with Crippen molar-refractivity contribution in [1.29, 1.82) is 0 Å². The lowest BCUT2D eigenvalue weighted by Gasteiger charge is -2.38. The molecule has 1 N–H and O–H groups in total. The number of imide groups is 1. The number of nitrogens with zero attached hydrogens (tertiary/aromatic N) is 2. The quantitative estimate of drug-likeness (QED) is 0.503. The number of carbonyl (C=O) groups is 3. The number of nitrogens with one attached hydrogen (secondary N) is 1. The molecule has 7 heteroatoms. The molecule has 0 atom stereocenters. The van der Waals surface area contributed by atoms with Crippen LogP contribution in [0.15, 0.2) is 42.5 Å². The minimum Gasteiger partial charge on any atom is -0.324 e. The number of carbonyl (C=O) groups excluding carboxylic acids is 3. The van der Waals surface area contributed by atoms with Gasteiger partial charge in [-0.05, 0) is 54.0 Å². The number of anilines is 2. The Labute approximate surface area is 206 Å². The number of para-hydroxylation sites is 1. The predicted octanol–water partition coefficient (Wildman–Crippen LogP) is 6.18. The Morgan fingerprint density at radius 3 is 2.14 bits per heavy atom. The summed E-state index contributed by atoms with van der Waals surface area (Å²) < 4.78 is 14.1. The second-order valence-electron chi connectivity index (χ2n) is 10.3. The Kier molecular flexibility index (Phi) is 6.97. The fourth-order valence-corrected chi connectivity index (χ4v) is 5.44. The number of hydrogen-bond acceptors (Lipinski definition) is 3. The fourth-order valence-electron chi connectivity index (χ4n) is 5.44. The molecule has 0 bridgehead atoms. The van der Waals surface area contributed by atoms with E-state index in [-0.39, 0.29) is 24.3 Å². The van der Waals surface area contributed by atoms with Gasteiger partial charge in [0.1, 0.15) is 17.9 Å². The third-order valence-corrected chi connectivity index (χ3v) is 7.18. The van der Waals surface area contributed by atoms with Crippen LogP contribution in [0.25, 0.3) is 0 Å². The van der Waals surface area contributed by atoms with Crippen LogP contribution in [0.5, 0.6) is 0 Å². The van der Waals surface area contributed by atoms with Gasteiger partial charge in [-0.3, -0.25) is 19.4 Å². The summed E-state index contributed by atoms with van der Waals surface area (Å²) in [6, 6.07) is 11.1. The number of halogens is 1. The Morgan fingerprint density at radius 1 is 0.971 bits per heavy atom. The standard InChI is InChI=1S/C28H34FN3O3/c1-18(2)22-12-9-13-23(19(3)4)25(22)30-24(33)17-31-26(34)28(14-6-5-7-15-28)32(27(31)35)21-11-8-10-20(29)16-21/h8-13,16,18-19H,5-7,14-15,17H2,1-4H3,(H,30,33). The maximum absolute atomic E-state index is 14.1. The van der Waals surface area contributed by atoms with Gasteiger partial charge in [0.2, 0.25) is 5.91 Å². The van der Waals surface area contributed by atoms with E-state index in [0.717, 1.165) is 41.0 Å². The number of benzene rings is 2. The van der Waals surface area contributed by atoms with E-state index in [4.69, 9.17) is 0 Å². The molecule has 6 nitrogen and oxygen atoms in total. The van der Waals surface area contributed by atoms with Crippen LogP contribution in [-0.4, -0.2) is 34.8 Å². The first-order valence-corrected chi connectivity index (χ1v) is 12.5. The second-order valence-corrected chi connectivity index (χ2v) is 10.3. The zero-order valence-corrected chi connectivity index (χ0v) is 20.9. The summed E-state index contributed by atoms with van der Waals surface area (Å²) in [6.07, 6.45) is 3.57. The molecular formula is C28H34FN3O3. The zero-order valence-electron chi connectivity index (χ0n) is 20.9. The van der Waals surface area contributed by atoms with Crippen LogP contribution in [0.3, 0.4) is 0 Å². The summed E-state index contributed by atoms with van der Waals surface area (Å²) in [5, 5.41) is 3.00. The minimum atomic E-state index is -1.07. The largest absolute Gasteiger partial charge is 0.332 e. The van der Waals surface area contributed by atoms with Gasteiger partial charge in [0.05, 0.1) is 0 Å². The highest BCUT2D eigenvalue weighted by molar-refractivity contribution is 6.18. The SMILES string of the molecule is CC(C)c1cccc(C(C)C)c1NC(=O)CN1C(=O)N(c2cccc(F)c2)C2(CCCCC2)C1=O. The van der Waals surface area contributed by atoms with Crippen LogP contribution < -0.4 is 10.2 Å². The van der Waals surface area contributed by atoms with Gasteiger partial charge in [0, 0.05) is 11.4 Å². The minimum absolute atomic E-state index is 0.188. The number of urea groups is 1. The van der Waals surface area contributed by atoms with Gasteiger partial charge in [0.15, 0.2) is 0 Å². The number of hydrogen-bond donors (Lipinski definition) is 1. The molecule has 4 amide bonds. The molecule has 1 saturated heterocycles. The van der Waals surface area contributed by atoms with Gasteiger partial charge in [-0.2, -0.15) is 0 Å². The van der Waals surface area contributed by atoms with Gasteiger partial charge in [-0.1, -0.05) is 71.2 Å². The number of rotatable bonds is 6. The third-order valence-electron chi connectivity index (χ3n) is 7.18. The molecular weight excluding hydrogens is 445 g/mol. The molecule has 186 valence electrons. The summed E-state index contributed by atoms with van der Waals surface area (Å²) in [5.74, 6) is -0.894. The van der Waals surface area contributed by atoms with Crippen LogP contribution >= 0.6 is 0 Å². The van der Waals surface area contributed by atoms with Crippen molar-refractivity contribution in [2.75, 3.05) is 16.8 Å². The molecule has 1 heterocycles. The van der Waals surface area contributed by atoms with Crippen LogP contribution in [0.4, 0.5) is 20.6 Å². The fraction of sp³-hybridized carbons (Fsp3) is 0.464. The molecule has 2 aromatic carbocycles. The van der Waals surface area contributed by atoms with E-state index in [1.54, 1.807) is 6.07 Å². The van der Waals surface area contributed by atoms with Crippen molar-refractivity contribution >= 4 is 29.2 Å². The Morgan fingerprint density at radius 2 is 1.57 bits per heavy atom. The van der Waals surface area contributed by atoms with E-state index >= 15 is 0 Å². The van der Waals surface area contributed by atoms with E-state index in [1.165, 1.54) is 23.1 Å². The van der Waals surface area contributed by atoms with Crippen molar-refractivity contribution < 1.29 is 18.8 Å². The summed E-state index contributed by atoms with van der Waals surface area (Å²) in [5.41, 5.74) is 2.04. The first-order chi connectivity index (χ1) is 16.7. The van der Waals surface area contributed by atoms with Gasteiger partial charge in [-0.15, -0.1) is 0 Å². The molecule has 2 aromatic rings. The molecule has 0 unspecified atom stereocenters. The lowest BCUT2D eigenvalue weighted by atomic mass is 9.80. The molecule has 4 rings (SSSR count). The van der Waals surface area contributed by atoms with Gasteiger partial charge < -0.3 is 5.32 Å². The van der Waals surface area contributed by atoms with Crippen molar-refractivity contribution in [2.24, 2.45) is 0 Å². The molecule has 1 aliphatic heterocycles. The summed E-state index contributed by atoms with van der Waals surface area (Å²) >= 11 is 0. The lowest BCUT2D eigenvalue weighted by molar-refractivity contribution is -0.134. The van der Waals surface area contributed by atoms with Crippen molar-refractivity contribution in [2.45, 2.75) is 77.2 Å². The van der Waals surface area contributed by atoms with Crippen molar-refractivity contribution in [1.82, 2.24) is 4.90 Å². The molecule has 1 spiro atoms. The van der Waals surface area contributed by atoms with E-state index in [0.29, 0.717) is 18.5 Å². The first-order valence-electron chi connectivity index (χ1n) is 12.5. The van der Waals surface area contributed by atoms with Crippen LogP contribution in [0.1, 0.15) is 82.8 Å². The Hall–Kier alpha value is -3.22. The summed E-state index contributed by atoms with van der Waals surface area (Å²) in [4.78, 5) is 43.0. The molecule has 0 radical (unpaired) electrons. The smallest absolute Gasteiger partial charge is 0.324 e. The van der Waals surface area contributed by atoms with Crippen molar-refractivity contribution in [3.05, 3.63) is 59.4 Å². The average Bonchev–Trinajstić information content (AvgIpc) is 3.00. The van der Waals surface area contributed by atoms with E-state index in [1.807, 2.05) is 18.2 Å². The second kappa shape index (κ2) is 9.80. The molecule has 1 saturated carbocycles. The first kappa shape index (κ1) is 24.9. The average molecular weight is 480 g/mol. The summed E-state index contributed by atoms with van der Waals surface area (Å²) in [6.45, 7) is 7.87. The highest BCUT2D eigenvalue weighted by atomic mass is 19.1. The maximum Gasteiger partial charge on any atom is 0.332 e.